The summed E-state index contributed by atoms with van der Waals surface area (Å²) in [6.45, 7) is 7.36. The largest absolute Gasteiger partial charge is 0.416 e. The molecular weight excluding hydrogens is 417 g/mol. The molecule has 1 aromatic rings. The summed E-state index contributed by atoms with van der Waals surface area (Å²) >= 11 is 0. The molecule has 1 aliphatic heterocycles. The molecule has 1 heterocycles. The number of rotatable bonds is 9. The van der Waals surface area contributed by atoms with Crippen LogP contribution in [0.2, 0.25) is 0 Å². The van der Waals surface area contributed by atoms with Gasteiger partial charge in [0.15, 0.2) is 0 Å². The second-order valence-corrected chi connectivity index (χ2v) is 9.74. The minimum absolute atomic E-state index is 0.0987. The highest BCUT2D eigenvalue weighted by molar-refractivity contribution is 5.25. The van der Waals surface area contributed by atoms with E-state index in [1.54, 1.807) is 7.11 Å². The molecule has 1 aromatic carbocycles. The highest BCUT2D eigenvalue weighted by Crippen LogP contribution is 2.35. The zero-order valence-corrected chi connectivity index (χ0v) is 19.4. The predicted molar refractivity (Wildman–Crippen MR) is 120 cm³/mol. The monoisotopic (exact) mass is 454 g/mol. The lowest BCUT2D eigenvalue weighted by atomic mass is 9.75. The Bertz CT molecular complexity index is 747. The lowest BCUT2D eigenvalue weighted by molar-refractivity contribution is -0.137. The molecule has 0 aromatic heterocycles. The third-order valence-corrected chi connectivity index (χ3v) is 6.99. The van der Waals surface area contributed by atoms with Crippen molar-refractivity contribution in [2.75, 3.05) is 26.7 Å². The SMILES string of the molecule is COC1(C)C=CC(C[C@@H](CN2CCCC2)NC(O)Cc2ccc(C(F)(F)F)cc2)C(C)C1. The van der Waals surface area contributed by atoms with Crippen molar-refractivity contribution in [1.82, 2.24) is 10.2 Å². The number of halogens is 3. The van der Waals surface area contributed by atoms with Crippen molar-refractivity contribution in [1.29, 1.82) is 0 Å². The second kappa shape index (κ2) is 10.7. The van der Waals surface area contributed by atoms with E-state index in [2.05, 4.69) is 36.2 Å². The molecule has 7 heteroatoms. The van der Waals surface area contributed by atoms with Crippen LogP contribution in [0.3, 0.4) is 0 Å². The summed E-state index contributed by atoms with van der Waals surface area (Å²) in [4.78, 5) is 2.43. The zero-order chi connectivity index (χ0) is 23.4. The maximum Gasteiger partial charge on any atom is 0.416 e. The first-order valence-electron chi connectivity index (χ1n) is 11.6. The predicted octanol–water partition coefficient (Wildman–Crippen LogP) is 4.63. The first-order valence-corrected chi connectivity index (χ1v) is 11.6. The number of nitrogens with one attached hydrogen (secondary N) is 1. The fourth-order valence-corrected chi connectivity index (χ4v) is 5.02. The summed E-state index contributed by atoms with van der Waals surface area (Å²) in [5, 5.41) is 14.1. The van der Waals surface area contributed by atoms with Crippen molar-refractivity contribution in [3.8, 4) is 0 Å². The molecule has 0 bridgehead atoms. The molecule has 180 valence electrons. The van der Waals surface area contributed by atoms with Gasteiger partial charge in [0, 0.05) is 26.1 Å². The molecule has 1 fully saturated rings. The standard InChI is InChI=1S/C25H37F3N2O2/c1-18-16-24(2,32-3)11-10-20(18)15-22(17-30-12-4-5-13-30)29-23(31)14-19-6-8-21(9-7-19)25(26,27)28/h6-11,18,20,22-23,29,31H,4-5,12-17H2,1-3H3/t18?,20?,22-,23?,24?/m0/s1. The maximum atomic E-state index is 12.8. The fraction of sp³-hybridized carbons (Fsp3) is 0.680. The van der Waals surface area contributed by atoms with E-state index >= 15 is 0 Å². The molecular formula is C25H37F3N2O2. The van der Waals surface area contributed by atoms with Gasteiger partial charge in [0.25, 0.3) is 0 Å². The summed E-state index contributed by atoms with van der Waals surface area (Å²) in [5.41, 5.74) is -0.216. The average Bonchev–Trinajstić information content (AvgIpc) is 3.23. The van der Waals surface area contributed by atoms with Gasteiger partial charge < -0.3 is 14.7 Å². The summed E-state index contributed by atoms with van der Waals surface area (Å²) < 4.78 is 44.0. The van der Waals surface area contributed by atoms with E-state index in [0.29, 0.717) is 17.4 Å². The van der Waals surface area contributed by atoms with Crippen LogP contribution in [-0.2, 0) is 17.3 Å². The number of aliphatic hydroxyl groups excluding tert-OH is 1. The van der Waals surface area contributed by atoms with Gasteiger partial charge in [0.05, 0.1) is 11.2 Å². The lowest BCUT2D eigenvalue weighted by Crippen LogP contribution is -2.47. The minimum atomic E-state index is -4.35. The quantitative estimate of drug-likeness (QED) is 0.422. The van der Waals surface area contributed by atoms with Crippen molar-refractivity contribution in [3.05, 3.63) is 47.5 Å². The Hall–Kier alpha value is -1.41. The Balaban J connectivity index is 1.62. The van der Waals surface area contributed by atoms with Crippen molar-refractivity contribution < 1.29 is 23.0 Å². The fourth-order valence-electron chi connectivity index (χ4n) is 5.02. The third kappa shape index (κ3) is 7.04. The number of benzene rings is 1. The molecule has 4 unspecified atom stereocenters. The van der Waals surface area contributed by atoms with Gasteiger partial charge in [0.1, 0.15) is 6.23 Å². The number of hydrogen-bond donors (Lipinski definition) is 2. The van der Waals surface area contributed by atoms with Gasteiger partial charge in [-0.15, -0.1) is 0 Å². The van der Waals surface area contributed by atoms with Crippen LogP contribution in [0.1, 0.15) is 50.7 Å². The molecule has 4 nitrogen and oxygen atoms in total. The van der Waals surface area contributed by atoms with Crippen LogP contribution >= 0.6 is 0 Å². The smallest absolute Gasteiger partial charge is 0.378 e. The molecule has 2 N–H and O–H groups in total. The molecule has 2 aliphatic rings. The van der Waals surface area contributed by atoms with E-state index in [-0.39, 0.29) is 18.1 Å². The van der Waals surface area contributed by atoms with Crippen molar-refractivity contribution in [3.63, 3.8) is 0 Å². The van der Waals surface area contributed by atoms with Crippen molar-refractivity contribution >= 4 is 0 Å². The normalized spacial score (nSPS) is 28.7. The van der Waals surface area contributed by atoms with E-state index in [1.165, 1.54) is 25.0 Å². The number of methoxy groups -OCH3 is 1. The Morgan fingerprint density at radius 1 is 1.22 bits per heavy atom. The highest BCUT2D eigenvalue weighted by atomic mass is 19.4. The summed E-state index contributed by atoms with van der Waals surface area (Å²) in [7, 11) is 1.74. The topological polar surface area (TPSA) is 44.7 Å². The third-order valence-electron chi connectivity index (χ3n) is 6.99. The second-order valence-electron chi connectivity index (χ2n) is 9.74. The molecule has 3 rings (SSSR count). The highest BCUT2D eigenvalue weighted by Gasteiger charge is 2.33. The molecule has 0 spiro atoms. The van der Waals surface area contributed by atoms with Crippen molar-refractivity contribution in [2.45, 2.75) is 70.0 Å². The zero-order valence-electron chi connectivity index (χ0n) is 19.4. The van der Waals surface area contributed by atoms with Crippen LogP contribution in [-0.4, -0.2) is 54.6 Å². The summed E-state index contributed by atoms with van der Waals surface area (Å²) in [6, 6.07) is 5.14. The number of nitrogens with zero attached hydrogens (tertiary/aromatic N) is 1. The molecule has 1 saturated heterocycles. The van der Waals surface area contributed by atoms with E-state index < -0.39 is 18.0 Å². The van der Waals surface area contributed by atoms with E-state index in [4.69, 9.17) is 4.74 Å². The molecule has 0 amide bonds. The molecule has 1 aliphatic carbocycles. The van der Waals surface area contributed by atoms with Crippen molar-refractivity contribution in [2.24, 2.45) is 11.8 Å². The van der Waals surface area contributed by atoms with Gasteiger partial charge in [-0.05, 0) is 75.2 Å². The average molecular weight is 455 g/mol. The number of hydrogen-bond acceptors (Lipinski definition) is 4. The van der Waals surface area contributed by atoms with E-state index in [0.717, 1.165) is 44.6 Å². The number of likely N-dealkylation sites (tertiary alicyclic amines) is 1. The van der Waals surface area contributed by atoms with Crippen LogP contribution in [0.15, 0.2) is 36.4 Å². The van der Waals surface area contributed by atoms with Gasteiger partial charge in [-0.3, -0.25) is 5.32 Å². The van der Waals surface area contributed by atoms with Gasteiger partial charge in [-0.2, -0.15) is 13.2 Å². The van der Waals surface area contributed by atoms with Gasteiger partial charge in [0.2, 0.25) is 0 Å². The number of aliphatic hydroxyl groups is 1. The first kappa shape index (κ1) is 25.2. The molecule has 5 atom stereocenters. The summed E-state index contributed by atoms with van der Waals surface area (Å²) in [6.07, 6.45) is 3.77. The van der Waals surface area contributed by atoms with Crippen LogP contribution < -0.4 is 5.32 Å². The van der Waals surface area contributed by atoms with Crippen LogP contribution in [0.25, 0.3) is 0 Å². The van der Waals surface area contributed by atoms with Crippen LogP contribution in [0.4, 0.5) is 13.2 Å². The molecule has 0 radical (unpaired) electrons. The van der Waals surface area contributed by atoms with E-state index in [9.17, 15) is 18.3 Å². The van der Waals surface area contributed by atoms with E-state index in [1.807, 2.05) is 0 Å². The molecule has 0 saturated carbocycles. The van der Waals surface area contributed by atoms with Gasteiger partial charge >= 0.3 is 6.18 Å². The summed E-state index contributed by atoms with van der Waals surface area (Å²) in [5.74, 6) is 0.844. The number of allylic oxidation sites excluding steroid dienone is 1. The number of alkyl halides is 3. The number of ether oxygens (including phenoxy) is 1. The first-order chi connectivity index (χ1) is 15.1. The van der Waals surface area contributed by atoms with Gasteiger partial charge in [-0.1, -0.05) is 31.2 Å². The van der Waals surface area contributed by atoms with Crippen LogP contribution in [0.5, 0.6) is 0 Å². The molecule has 32 heavy (non-hydrogen) atoms. The lowest BCUT2D eigenvalue weighted by Gasteiger charge is -2.38. The Morgan fingerprint density at radius 3 is 2.44 bits per heavy atom. The van der Waals surface area contributed by atoms with Crippen LogP contribution in [0, 0.1) is 11.8 Å². The minimum Gasteiger partial charge on any atom is -0.378 e. The Kier molecular flexibility index (Phi) is 8.42. The maximum absolute atomic E-state index is 12.8. The van der Waals surface area contributed by atoms with Gasteiger partial charge in [-0.25, -0.2) is 0 Å². The Labute approximate surface area is 189 Å². The Morgan fingerprint density at radius 2 is 1.88 bits per heavy atom.